The number of rotatable bonds is 6. The number of aryl methyl sites for hydroxylation is 2. The van der Waals surface area contributed by atoms with Gasteiger partial charge in [-0.1, -0.05) is 24.3 Å². The van der Waals surface area contributed by atoms with Crippen molar-refractivity contribution in [2.75, 3.05) is 11.4 Å². The van der Waals surface area contributed by atoms with Gasteiger partial charge in [-0.2, -0.15) is 0 Å². The lowest BCUT2D eigenvalue weighted by molar-refractivity contribution is -0.136. The molecule has 0 radical (unpaired) electrons. The van der Waals surface area contributed by atoms with Gasteiger partial charge in [-0.15, -0.1) is 0 Å². The third kappa shape index (κ3) is 4.31. The topological polar surface area (TPSA) is 53.4 Å². The van der Waals surface area contributed by atoms with Crippen LogP contribution in [0, 0.1) is 13.8 Å². The number of anilines is 1. The number of carboxylic acid groups (broad SMARTS) is 1. The van der Waals surface area contributed by atoms with Crippen LogP contribution in [0.25, 0.3) is 0 Å². The Hall–Kier alpha value is -2.36. The van der Waals surface area contributed by atoms with Gasteiger partial charge in [0, 0.05) is 17.9 Å². The van der Waals surface area contributed by atoms with Gasteiger partial charge in [0.2, 0.25) is 0 Å². The molecule has 1 aromatic heterocycles. The number of carbonyl (C=O) groups is 1. The van der Waals surface area contributed by atoms with E-state index in [1.807, 2.05) is 56.3 Å². The Morgan fingerprint density at radius 3 is 2.57 bits per heavy atom. The van der Waals surface area contributed by atoms with Crippen LogP contribution in [0.15, 0.2) is 42.5 Å². The van der Waals surface area contributed by atoms with Gasteiger partial charge in [0.25, 0.3) is 0 Å². The molecule has 0 aliphatic heterocycles. The van der Waals surface area contributed by atoms with Crippen molar-refractivity contribution in [2.45, 2.75) is 26.8 Å². The Kier molecular flexibility index (Phi) is 4.93. The van der Waals surface area contributed by atoms with E-state index in [4.69, 9.17) is 5.11 Å². The van der Waals surface area contributed by atoms with Gasteiger partial charge in [-0.25, -0.2) is 0 Å². The maximum Gasteiger partial charge on any atom is 0.305 e. The lowest BCUT2D eigenvalue weighted by Gasteiger charge is -2.25. The van der Waals surface area contributed by atoms with Crippen LogP contribution >= 0.6 is 0 Å². The number of aliphatic carboxylic acids is 1. The minimum atomic E-state index is -0.786. The normalized spacial score (nSPS) is 10.4. The second kappa shape index (κ2) is 6.88. The molecule has 110 valence electrons. The molecule has 2 aromatic rings. The first kappa shape index (κ1) is 15.0. The fourth-order valence-electron chi connectivity index (χ4n) is 2.32. The molecule has 0 aliphatic carbocycles. The minimum Gasteiger partial charge on any atom is -0.481 e. The third-order valence-electron chi connectivity index (χ3n) is 3.35. The monoisotopic (exact) mass is 284 g/mol. The summed E-state index contributed by atoms with van der Waals surface area (Å²) in [4.78, 5) is 17.5. The first-order chi connectivity index (χ1) is 10.1. The molecule has 0 fully saturated rings. The number of carboxylic acids is 1. The average molecular weight is 284 g/mol. The van der Waals surface area contributed by atoms with E-state index in [0.717, 1.165) is 22.6 Å². The van der Waals surface area contributed by atoms with Gasteiger partial charge in [-0.3, -0.25) is 9.78 Å². The van der Waals surface area contributed by atoms with Crippen LogP contribution in [-0.2, 0) is 11.3 Å². The van der Waals surface area contributed by atoms with Crippen LogP contribution in [0.3, 0.4) is 0 Å². The van der Waals surface area contributed by atoms with E-state index in [1.54, 1.807) is 0 Å². The summed E-state index contributed by atoms with van der Waals surface area (Å²) in [6.07, 6.45) is 0.111. The average Bonchev–Trinajstić information content (AvgIpc) is 2.44. The van der Waals surface area contributed by atoms with Crippen molar-refractivity contribution >= 4 is 11.7 Å². The number of pyridine rings is 1. The molecular formula is C17H20N2O2. The van der Waals surface area contributed by atoms with Crippen LogP contribution in [-0.4, -0.2) is 22.6 Å². The van der Waals surface area contributed by atoms with Gasteiger partial charge < -0.3 is 10.0 Å². The minimum absolute atomic E-state index is 0.111. The van der Waals surface area contributed by atoms with Crippen LogP contribution < -0.4 is 4.90 Å². The van der Waals surface area contributed by atoms with Crippen molar-refractivity contribution in [3.05, 3.63) is 59.4 Å². The molecule has 0 bridgehead atoms. The van der Waals surface area contributed by atoms with Crippen molar-refractivity contribution in [3.63, 3.8) is 0 Å². The lowest BCUT2D eigenvalue weighted by Crippen LogP contribution is -2.26. The fraction of sp³-hybridized carbons (Fsp3) is 0.294. The molecule has 0 aliphatic rings. The van der Waals surface area contributed by atoms with Gasteiger partial charge in [0.05, 0.1) is 18.7 Å². The molecule has 0 saturated heterocycles. The number of aromatic nitrogens is 1. The molecular weight excluding hydrogens is 264 g/mol. The Morgan fingerprint density at radius 2 is 1.90 bits per heavy atom. The van der Waals surface area contributed by atoms with Gasteiger partial charge in [-0.05, 0) is 37.6 Å². The highest BCUT2D eigenvalue weighted by atomic mass is 16.4. The van der Waals surface area contributed by atoms with E-state index in [9.17, 15) is 4.79 Å². The predicted molar refractivity (Wildman–Crippen MR) is 83.5 cm³/mol. The van der Waals surface area contributed by atoms with E-state index >= 15 is 0 Å². The number of hydrogen-bond acceptors (Lipinski definition) is 3. The van der Waals surface area contributed by atoms with E-state index in [0.29, 0.717) is 13.1 Å². The zero-order valence-electron chi connectivity index (χ0n) is 12.4. The molecule has 1 heterocycles. The molecule has 0 saturated carbocycles. The van der Waals surface area contributed by atoms with E-state index in [-0.39, 0.29) is 6.42 Å². The van der Waals surface area contributed by atoms with Crippen LogP contribution in [0.1, 0.15) is 23.4 Å². The summed E-state index contributed by atoms with van der Waals surface area (Å²) in [6.45, 7) is 5.07. The zero-order valence-corrected chi connectivity index (χ0v) is 12.4. The summed E-state index contributed by atoms with van der Waals surface area (Å²) >= 11 is 0. The Balaban J connectivity index is 2.23. The van der Waals surface area contributed by atoms with Crippen molar-refractivity contribution < 1.29 is 9.90 Å². The SMILES string of the molecule is Cc1cccc(CN(CCC(=O)O)c2ccccc2C)n1. The Bertz CT molecular complexity index is 626. The van der Waals surface area contributed by atoms with Crippen LogP contribution in [0.4, 0.5) is 5.69 Å². The van der Waals surface area contributed by atoms with Crippen LogP contribution in [0.5, 0.6) is 0 Å². The third-order valence-corrected chi connectivity index (χ3v) is 3.35. The largest absolute Gasteiger partial charge is 0.481 e. The summed E-state index contributed by atoms with van der Waals surface area (Å²) in [5, 5.41) is 8.95. The molecule has 1 aromatic carbocycles. The van der Waals surface area contributed by atoms with Gasteiger partial charge in [0.15, 0.2) is 0 Å². The number of para-hydroxylation sites is 1. The fourth-order valence-corrected chi connectivity index (χ4v) is 2.32. The Morgan fingerprint density at radius 1 is 1.14 bits per heavy atom. The van der Waals surface area contributed by atoms with Gasteiger partial charge >= 0.3 is 5.97 Å². The zero-order chi connectivity index (χ0) is 15.2. The smallest absolute Gasteiger partial charge is 0.305 e. The summed E-state index contributed by atoms with van der Waals surface area (Å²) in [6, 6.07) is 13.9. The van der Waals surface area contributed by atoms with Crippen molar-refractivity contribution in [1.82, 2.24) is 4.98 Å². The van der Waals surface area contributed by atoms with Crippen molar-refractivity contribution in [3.8, 4) is 0 Å². The maximum absolute atomic E-state index is 10.9. The second-order valence-corrected chi connectivity index (χ2v) is 5.12. The number of nitrogens with zero attached hydrogens (tertiary/aromatic N) is 2. The van der Waals surface area contributed by atoms with Gasteiger partial charge in [0.1, 0.15) is 0 Å². The molecule has 4 nitrogen and oxygen atoms in total. The highest BCUT2D eigenvalue weighted by Crippen LogP contribution is 2.21. The molecule has 0 atom stereocenters. The second-order valence-electron chi connectivity index (χ2n) is 5.12. The lowest BCUT2D eigenvalue weighted by atomic mass is 10.1. The first-order valence-electron chi connectivity index (χ1n) is 7.01. The maximum atomic E-state index is 10.9. The van der Waals surface area contributed by atoms with E-state index in [2.05, 4.69) is 9.88 Å². The molecule has 2 rings (SSSR count). The first-order valence-corrected chi connectivity index (χ1v) is 7.01. The Labute approximate surface area is 125 Å². The summed E-state index contributed by atoms with van der Waals surface area (Å²) in [5.41, 5.74) is 4.11. The number of benzene rings is 1. The predicted octanol–water partition coefficient (Wildman–Crippen LogP) is 3.18. The highest BCUT2D eigenvalue weighted by Gasteiger charge is 2.12. The van der Waals surface area contributed by atoms with Crippen molar-refractivity contribution in [1.29, 1.82) is 0 Å². The van der Waals surface area contributed by atoms with E-state index < -0.39 is 5.97 Å². The molecule has 0 unspecified atom stereocenters. The molecule has 4 heteroatoms. The summed E-state index contributed by atoms with van der Waals surface area (Å²) < 4.78 is 0. The number of hydrogen-bond donors (Lipinski definition) is 1. The van der Waals surface area contributed by atoms with E-state index in [1.165, 1.54) is 0 Å². The van der Waals surface area contributed by atoms with Crippen LogP contribution in [0.2, 0.25) is 0 Å². The molecule has 0 amide bonds. The molecule has 1 N–H and O–H groups in total. The quantitative estimate of drug-likeness (QED) is 0.885. The molecule has 0 spiro atoms. The molecule has 21 heavy (non-hydrogen) atoms. The highest BCUT2D eigenvalue weighted by molar-refractivity contribution is 5.68. The van der Waals surface area contributed by atoms with Crippen molar-refractivity contribution in [2.24, 2.45) is 0 Å². The standard InChI is InChI=1S/C17H20N2O2/c1-13-6-3-4-9-16(13)19(11-10-17(20)21)12-15-8-5-7-14(2)18-15/h3-9H,10-12H2,1-2H3,(H,20,21). The summed E-state index contributed by atoms with van der Waals surface area (Å²) in [5.74, 6) is -0.786. The summed E-state index contributed by atoms with van der Waals surface area (Å²) in [7, 11) is 0.